The van der Waals surface area contributed by atoms with Crippen LogP contribution in [0.4, 0.5) is 17.6 Å². The minimum atomic E-state index is -4.14. The number of hydrogen-bond acceptors (Lipinski definition) is 2. The van der Waals surface area contributed by atoms with Crippen LogP contribution in [0.25, 0.3) is 0 Å². The molecule has 7 heteroatoms. The van der Waals surface area contributed by atoms with E-state index in [4.69, 9.17) is 0 Å². The molecule has 0 bridgehead atoms. The van der Waals surface area contributed by atoms with Gasteiger partial charge in [-0.25, -0.2) is 8.78 Å². The van der Waals surface area contributed by atoms with Gasteiger partial charge in [-0.05, 0) is 13.8 Å². The molecular formula is C8H10F4N2O. The minimum Gasteiger partial charge on any atom is -0.504 e. The van der Waals surface area contributed by atoms with E-state index in [0.717, 1.165) is 0 Å². The molecular weight excluding hydrogens is 216 g/mol. The highest BCUT2D eigenvalue weighted by atomic mass is 19.3. The van der Waals surface area contributed by atoms with E-state index < -0.39 is 18.9 Å². The van der Waals surface area contributed by atoms with Crippen LogP contribution in [-0.2, 0) is 6.54 Å². The molecule has 0 aliphatic rings. The van der Waals surface area contributed by atoms with Gasteiger partial charge in [0.1, 0.15) is 12.2 Å². The summed E-state index contributed by atoms with van der Waals surface area (Å²) in [5.41, 5.74) is 0.186. The first-order chi connectivity index (χ1) is 6.75. The highest BCUT2D eigenvalue weighted by Crippen LogP contribution is 2.27. The standard InChI is InChI=1S/C8H10F4N2O/c1-4-6(15)5(2)14(13-4)3-8(11,12)7(9)10/h7,15H,3H2,1-2H3. The molecule has 0 radical (unpaired) electrons. The Morgan fingerprint density at radius 1 is 1.40 bits per heavy atom. The molecule has 0 aliphatic heterocycles. The third-order valence-electron chi connectivity index (χ3n) is 2.02. The van der Waals surface area contributed by atoms with Crippen molar-refractivity contribution in [3.63, 3.8) is 0 Å². The Kier molecular flexibility index (Phi) is 2.92. The molecule has 0 aromatic carbocycles. The monoisotopic (exact) mass is 226 g/mol. The second-order valence-electron chi connectivity index (χ2n) is 3.24. The summed E-state index contributed by atoms with van der Waals surface area (Å²) < 4.78 is 49.8. The second-order valence-corrected chi connectivity index (χ2v) is 3.24. The number of aromatic hydroxyl groups is 1. The van der Waals surface area contributed by atoms with E-state index in [-0.39, 0.29) is 17.1 Å². The van der Waals surface area contributed by atoms with Gasteiger partial charge in [0.05, 0.1) is 5.69 Å². The van der Waals surface area contributed by atoms with E-state index in [1.165, 1.54) is 13.8 Å². The average molecular weight is 226 g/mol. The van der Waals surface area contributed by atoms with Gasteiger partial charge in [-0.3, -0.25) is 4.68 Å². The van der Waals surface area contributed by atoms with Gasteiger partial charge in [0.25, 0.3) is 0 Å². The van der Waals surface area contributed by atoms with Crippen molar-refractivity contribution in [2.24, 2.45) is 0 Å². The van der Waals surface area contributed by atoms with Gasteiger partial charge >= 0.3 is 12.3 Å². The van der Waals surface area contributed by atoms with E-state index >= 15 is 0 Å². The van der Waals surface area contributed by atoms with Crippen LogP contribution in [0.2, 0.25) is 0 Å². The Morgan fingerprint density at radius 3 is 2.27 bits per heavy atom. The number of halogens is 4. The Morgan fingerprint density at radius 2 is 1.93 bits per heavy atom. The summed E-state index contributed by atoms with van der Waals surface area (Å²) in [6, 6.07) is 0. The Labute approximate surface area is 83.3 Å². The predicted molar refractivity (Wildman–Crippen MR) is 44.3 cm³/mol. The van der Waals surface area contributed by atoms with Crippen molar-refractivity contribution >= 4 is 0 Å². The van der Waals surface area contributed by atoms with Crippen molar-refractivity contribution in [2.45, 2.75) is 32.7 Å². The molecule has 0 spiro atoms. The van der Waals surface area contributed by atoms with Gasteiger partial charge in [0.2, 0.25) is 0 Å². The maximum absolute atomic E-state index is 12.7. The lowest BCUT2D eigenvalue weighted by Gasteiger charge is -2.15. The summed E-state index contributed by atoms with van der Waals surface area (Å²) >= 11 is 0. The summed E-state index contributed by atoms with van der Waals surface area (Å²) in [5.74, 6) is -4.39. The van der Waals surface area contributed by atoms with Crippen LogP contribution in [0.3, 0.4) is 0 Å². The van der Waals surface area contributed by atoms with E-state index in [0.29, 0.717) is 4.68 Å². The van der Waals surface area contributed by atoms with Gasteiger partial charge in [-0.15, -0.1) is 0 Å². The fraction of sp³-hybridized carbons (Fsp3) is 0.625. The summed E-state index contributed by atoms with van der Waals surface area (Å²) in [4.78, 5) is 0. The largest absolute Gasteiger partial charge is 0.504 e. The summed E-state index contributed by atoms with van der Waals surface area (Å²) in [5, 5.41) is 12.8. The normalized spacial score (nSPS) is 12.5. The molecule has 0 saturated heterocycles. The van der Waals surface area contributed by atoms with Crippen LogP contribution in [0, 0.1) is 13.8 Å². The minimum absolute atomic E-state index is 0.0489. The van der Waals surface area contributed by atoms with Crippen LogP contribution >= 0.6 is 0 Å². The van der Waals surface area contributed by atoms with Crippen LogP contribution in [0.5, 0.6) is 5.75 Å². The van der Waals surface area contributed by atoms with Crippen LogP contribution < -0.4 is 0 Å². The molecule has 0 unspecified atom stereocenters. The maximum atomic E-state index is 12.7. The highest BCUT2D eigenvalue weighted by molar-refractivity contribution is 5.29. The van der Waals surface area contributed by atoms with Crippen molar-refractivity contribution in [3.05, 3.63) is 11.4 Å². The zero-order chi connectivity index (χ0) is 11.8. The summed E-state index contributed by atoms with van der Waals surface area (Å²) in [6.45, 7) is 1.49. The number of aryl methyl sites for hydroxylation is 1. The fourth-order valence-corrected chi connectivity index (χ4v) is 1.11. The Hall–Kier alpha value is -1.27. The summed E-state index contributed by atoms with van der Waals surface area (Å²) in [6.07, 6.45) is -3.75. The first-order valence-corrected chi connectivity index (χ1v) is 4.14. The average Bonchev–Trinajstić information content (AvgIpc) is 2.33. The number of nitrogens with zero attached hydrogens (tertiary/aromatic N) is 2. The van der Waals surface area contributed by atoms with Gasteiger partial charge < -0.3 is 5.11 Å². The molecule has 86 valence electrons. The van der Waals surface area contributed by atoms with Gasteiger partial charge in [-0.1, -0.05) is 0 Å². The first-order valence-electron chi connectivity index (χ1n) is 4.14. The van der Waals surface area contributed by atoms with E-state index in [2.05, 4.69) is 5.10 Å². The quantitative estimate of drug-likeness (QED) is 0.801. The summed E-state index contributed by atoms with van der Waals surface area (Å²) in [7, 11) is 0. The Bertz CT molecular complexity index is 362. The zero-order valence-electron chi connectivity index (χ0n) is 8.14. The SMILES string of the molecule is Cc1nn(CC(F)(F)C(F)F)c(C)c1O. The lowest BCUT2D eigenvalue weighted by atomic mass is 10.3. The van der Waals surface area contributed by atoms with Crippen LogP contribution in [-0.4, -0.2) is 27.2 Å². The third-order valence-corrected chi connectivity index (χ3v) is 2.02. The molecule has 0 amide bonds. The van der Waals surface area contributed by atoms with Crippen LogP contribution in [0.1, 0.15) is 11.4 Å². The highest BCUT2D eigenvalue weighted by Gasteiger charge is 2.42. The molecule has 0 saturated carbocycles. The third kappa shape index (κ3) is 2.21. The molecule has 1 aromatic rings. The van der Waals surface area contributed by atoms with Gasteiger partial charge in [0, 0.05) is 0 Å². The lowest BCUT2D eigenvalue weighted by molar-refractivity contribution is -0.139. The number of rotatable bonds is 3. The fourth-order valence-electron chi connectivity index (χ4n) is 1.11. The molecule has 1 aromatic heterocycles. The molecule has 3 nitrogen and oxygen atoms in total. The molecule has 15 heavy (non-hydrogen) atoms. The van der Waals surface area contributed by atoms with Crippen LogP contribution in [0.15, 0.2) is 0 Å². The molecule has 0 atom stereocenters. The van der Waals surface area contributed by atoms with E-state index in [1.807, 2.05) is 0 Å². The number of hydrogen-bond donors (Lipinski definition) is 1. The van der Waals surface area contributed by atoms with Crippen molar-refractivity contribution in [3.8, 4) is 5.75 Å². The molecule has 1 heterocycles. The van der Waals surface area contributed by atoms with Crippen molar-refractivity contribution in [2.75, 3.05) is 0 Å². The van der Waals surface area contributed by atoms with E-state index in [1.54, 1.807) is 0 Å². The van der Waals surface area contributed by atoms with Crippen molar-refractivity contribution in [1.29, 1.82) is 0 Å². The lowest BCUT2D eigenvalue weighted by Crippen LogP contribution is -2.32. The van der Waals surface area contributed by atoms with Gasteiger partial charge in [0.15, 0.2) is 5.75 Å². The first kappa shape index (κ1) is 11.8. The molecule has 1 N–H and O–H groups in total. The second kappa shape index (κ2) is 3.71. The smallest absolute Gasteiger partial charge is 0.326 e. The topological polar surface area (TPSA) is 38.0 Å². The molecule has 0 fully saturated rings. The van der Waals surface area contributed by atoms with Crippen molar-refractivity contribution < 1.29 is 22.7 Å². The Balaban J connectivity index is 2.95. The predicted octanol–water partition coefficient (Wildman–Crippen LogP) is 2.11. The van der Waals surface area contributed by atoms with E-state index in [9.17, 15) is 22.7 Å². The number of alkyl halides is 4. The van der Waals surface area contributed by atoms with Crippen molar-refractivity contribution in [1.82, 2.24) is 9.78 Å². The number of aromatic nitrogens is 2. The maximum Gasteiger partial charge on any atom is 0.326 e. The van der Waals surface area contributed by atoms with Gasteiger partial charge in [-0.2, -0.15) is 13.9 Å². The zero-order valence-corrected chi connectivity index (χ0v) is 8.14. The molecule has 1 rings (SSSR count). The molecule has 0 aliphatic carbocycles.